The lowest BCUT2D eigenvalue weighted by atomic mass is 9.92. The Morgan fingerprint density at radius 2 is 2.20 bits per heavy atom. The van der Waals surface area contributed by atoms with E-state index in [0.717, 1.165) is 22.6 Å². The first-order valence-electron chi connectivity index (χ1n) is 6.30. The van der Waals surface area contributed by atoms with Crippen molar-refractivity contribution in [2.45, 2.75) is 52.8 Å². The highest BCUT2D eigenvalue weighted by atomic mass is 32.3. The Balaban J connectivity index is 2.44. The van der Waals surface area contributed by atoms with E-state index in [1.165, 1.54) is 18.3 Å². The van der Waals surface area contributed by atoms with Crippen molar-refractivity contribution in [2.75, 3.05) is 0 Å². The van der Waals surface area contributed by atoms with Gasteiger partial charge in [-0.15, -0.1) is 23.1 Å². The Morgan fingerprint density at radius 3 is 2.70 bits per heavy atom. The zero-order chi connectivity index (χ0) is 15.1. The summed E-state index contributed by atoms with van der Waals surface area (Å²) in [4.78, 5) is 11.4. The van der Waals surface area contributed by atoms with E-state index >= 15 is 0 Å². The quantitative estimate of drug-likeness (QED) is 0.883. The predicted molar refractivity (Wildman–Crippen MR) is 81.4 cm³/mol. The maximum Gasteiger partial charge on any atom is 0.247 e. The van der Waals surface area contributed by atoms with Crippen LogP contribution in [0.4, 0.5) is 0 Å². The maximum absolute atomic E-state index is 11.4. The van der Waals surface area contributed by atoms with Crippen LogP contribution in [0.25, 0.3) is 0 Å². The van der Waals surface area contributed by atoms with Crippen LogP contribution in [0.15, 0.2) is 14.5 Å². The fourth-order valence-corrected chi connectivity index (χ4v) is 6.67. The molecule has 1 aliphatic rings. The van der Waals surface area contributed by atoms with E-state index in [9.17, 15) is 13.2 Å². The average molecular weight is 334 g/mol. The molecule has 2 heterocycles. The highest BCUT2D eigenvalue weighted by Gasteiger charge is 2.45. The fourth-order valence-electron chi connectivity index (χ4n) is 2.51. The number of rotatable bonds is 4. The highest BCUT2D eigenvalue weighted by Crippen LogP contribution is 2.57. The molecule has 1 amide bonds. The first-order valence-corrected chi connectivity index (χ1v) is 9.48. The molecule has 0 spiro atoms. The molecule has 2 unspecified atom stereocenters. The summed E-state index contributed by atoms with van der Waals surface area (Å²) in [5.41, 5.74) is 0.871. The van der Waals surface area contributed by atoms with Gasteiger partial charge >= 0.3 is 0 Å². The van der Waals surface area contributed by atoms with Gasteiger partial charge < -0.3 is 5.32 Å². The molecule has 112 valence electrons. The summed E-state index contributed by atoms with van der Waals surface area (Å²) >= 11 is 2.82. The van der Waals surface area contributed by atoms with E-state index in [1.807, 2.05) is 0 Å². The Bertz CT molecular complexity index is 638. The zero-order valence-electron chi connectivity index (χ0n) is 11.6. The number of carbonyl (C=O) groups is 1. The Hall–Kier alpha value is -0.570. The summed E-state index contributed by atoms with van der Waals surface area (Å²) < 4.78 is 23.8. The SMILES string of the molecule is CCCC1(C)Sc2sc(S(N)(=O)=O)cc2C1NC(C)=O. The summed E-state index contributed by atoms with van der Waals surface area (Å²) in [6, 6.07) is 1.43. The molecule has 0 bridgehead atoms. The van der Waals surface area contributed by atoms with Crippen molar-refractivity contribution >= 4 is 39.0 Å². The third kappa shape index (κ3) is 2.88. The fraction of sp³-hybridized carbons (Fsp3) is 0.583. The van der Waals surface area contributed by atoms with Crippen LogP contribution in [-0.4, -0.2) is 19.1 Å². The lowest BCUT2D eigenvalue weighted by molar-refractivity contribution is -0.119. The number of nitrogens with two attached hydrogens (primary N) is 1. The number of amides is 1. The molecule has 0 aromatic carbocycles. The van der Waals surface area contributed by atoms with Gasteiger partial charge in [0.1, 0.15) is 4.21 Å². The smallest absolute Gasteiger partial charge is 0.247 e. The monoisotopic (exact) mass is 334 g/mol. The van der Waals surface area contributed by atoms with Crippen molar-refractivity contribution < 1.29 is 13.2 Å². The van der Waals surface area contributed by atoms with E-state index in [4.69, 9.17) is 5.14 Å². The number of thioether (sulfide) groups is 1. The minimum absolute atomic E-state index is 0.117. The van der Waals surface area contributed by atoms with Crippen molar-refractivity contribution in [2.24, 2.45) is 5.14 Å². The van der Waals surface area contributed by atoms with Crippen LogP contribution in [0, 0.1) is 0 Å². The molecule has 20 heavy (non-hydrogen) atoms. The molecule has 0 radical (unpaired) electrons. The van der Waals surface area contributed by atoms with Crippen molar-refractivity contribution in [3.05, 3.63) is 11.6 Å². The molecular formula is C12H18N2O3S3. The van der Waals surface area contributed by atoms with Gasteiger partial charge in [-0.2, -0.15) is 0 Å². The minimum atomic E-state index is -3.69. The normalized spacial score (nSPS) is 25.5. The lowest BCUT2D eigenvalue weighted by Crippen LogP contribution is -2.38. The molecule has 3 N–H and O–H groups in total. The van der Waals surface area contributed by atoms with Gasteiger partial charge in [-0.1, -0.05) is 13.3 Å². The second-order valence-electron chi connectivity index (χ2n) is 5.15. The van der Waals surface area contributed by atoms with Crippen LogP contribution in [0.1, 0.15) is 45.2 Å². The van der Waals surface area contributed by atoms with E-state index < -0.39 is 10.0 Å². The van der Waals surface area contributed by atoms with Gasteiger partial charge in [0, 0.05) is 17.2 Å². The minimum Gasteiger partial charge on any atom is -0.348 e. The molecule has 1 aromatic heterocycles. The Kier molecular flexibility index (Phi) is 4.21. The standard InChI is InChI=1S/C12H18N2O3S3/c1-4-5-12(3)10(14-7(2)15)8-6-9(20(13,16)17)18-11(8)19-12/h6,10H,4-5H2,1-3H3,(H,14,15)(H2,13,16,17). The molecular weight excluding hydrogens is 316 g/mol. The average Bonchev–Trinajstić information content (AvgIpc) is 2.77. The topological polar surface area (TPSA) is 89.3 Å². The van der Waals surface area contributed by atoms with Crippen LogP contribution < -0.4 is 10.5 Å². The number of hydrogen-bond acceptors (Lipinski definition) is 5. The van der Waals surface area contributed by atoms with Gasteiger partial charge in [0.15, 0.2) is 0 Å². The molecule has 1 aliphatic heterocycles. The second-order valence-corrected chi connectivity index (χ2v) is 9.80. The van der Waals surface area contributed by atoms with Gasteiger partial charge in [0.25, 0.3) is 0 Å². The van der Waals surface area contributed by atoms with Crippen molar-refractivity contribution in [1.82, 2.24) is 5.32 Å². The van der Waals surface area contributed by atoms with E-state index in [0.29, 0.717) is 0 Å². The number of fused-ring (bicyclic) bond motifs is 1. The molecule has 0 aliphatic carbocycles. The molecule has 2 atom stereocenters. The Morgan fingerprint density at radius 1 is 1.55 bits per heavy atom. The van der Waals surface area contributed by atoms with Gasteiger partial charge in [-0.05, 0) is 19.4 Å². The van der Waals surface area contributed by atoms with Crippen molar-refractivity contribution in [3.8, 4) is 0 Å². The number of nitrogens with one attached hydrogen (secondary N) is 1. The van der Waals surface area contributed by atoms with Crippen molar-refractivity contribution in [3.63, 3.8) is 0 Å². The van der Waals surface area contributed by atoms with Gasteiger partial charge in [0.05, 0.1) is 10.3 Å². The van der Waals surface area contributed by atoms with Gasteiger partial charge in [0.2, 0.25) is 15.9 Å². The first kappa shape index (κ1) is 15.8. The second kappa shape index (κ2) is 5.32. The summed E-state index contributed by atoms with van der Waals surface area (Å²) in [7, 11) is -3.69. The van der Waals surface area contributed by atoms with Crippen LogP contribution in [0.5, 0.6) is 0 Å². The maximum atomic E-state index is 11.4. The number of primary sulfonamides is 1. The lowest BCUT2D eigenvalue weighted by Gasteiger charge is -2.31. The summed E-state index contributed by atoms with van der Waals surface area (Å²) in [5.74, 6) is -0.117. The third-order valence-corrected chi connectivity index (χ3v) is 7.52. The zero-order valence-corrected chi connectivity index (χ0v) is 14.0. The summed E-state index contributed by atoms with van der Waals surface area (Å²) in [5, 5.41) is 8.13. The molecule has 8 heteroatoms. The largest absolute Gasteiger partial charge is 0.348 e. The van der Waals surface area contributed by atoms with Gasteiger partial charge in [-0.25, -0.2) is 13.6 Å². The molecule has 0 fully saturated rings. The van der Waals surface area contributed by atoms with E-state index in [2.05, 4.69) is 19.2 Å². The van der Waals surface area contributed by atoms with Crippen LogP contribution in [0.3, 0.4) is 0 Å². The summed E-state index contributed by atoms with van der Waals surface area (Å²) in [6.07, 6.45) is 1.94. The first-order chi connectivity index (χ1) is 9.17. The van der Waals surface area contributed by atoms with E-state index in [-0.39, 0.29) is 20.9 Å². The number of carbonyl (C=O) groups excluding carboxylic acids is 1. The third-order valence-electron chi connectivity index (χ3n) is 3.32. The van der Waals surface area contributed by atoms with Gasteiger partial charge in [-0.3, -0.25) is 4.79 Å². The number of hydrogen-bond donors (Lipinski definition) is 2. The van der Waals surface area contributed by atoms with E-state index in [1.54, 1.807) is 17.8 Å². The Labute approximate surface area is 127 Å². The van der Waals surface area contributed by atoms with Crippen molar-refractivity contribution in [1.29, 1.82) is 0 Å². The number of thiophene rings is 1. The molecule has 2 rings (SSSR count). The predicted octanol–water partition coefficient (Wildman–Crippen LogP) is 2.24. The number of sulfonamides is 1. The van der Waals surface area contributed by atoms with Crippen LogP contribution in [0.2, 0.25) is 0 Å². The molecule has 0 saturated carbocycles. The van der Waals surface area contributed by atoms with Crippen LogP contribution in [-0.2, 0) is 14.8 Å². The molecule has 1 aromatic rings. The summed E-state index contributed by atoms with van der Waals surface area (Å²) in [6.45, 7) is 5.67. The molecule has 5 nitrogen and oxygen atoms in total. The molecule has 0 saturated heterocycles. The highest BCUT2D eigenvalue weighted by molar-refractivity contribution is 8.03. The van der Waals surface area contributed by atoms with Crippen LogP contribution >= 0.6 is 23.1 Å².